The third-order valence-corrected chi connectivity index (χ3v) is 2.41. The van der Waals surface area contributed by atoms with Gasteiger partial charge in [-0.2, -0.15) is 0 Å². The molecule has 1 aliphatic carbocycles. The molecule has 1 N–H and O–H groups in total. The molecular weight excluding hydrogens is 200 g/mol. The van der Waals surface area contributed by atoms with Crippen LogP contribution in [0.3, 0.4) is 0 Å². The zero-order valence-corrected chi connectivity index (χ0v) is 9.84. The molecule has 0 aromatic rings. The third-order valence-electron chi connectivity index (χ3n) is 2.41. The highest BCUT2D eigenvalue weighted by Gasteiger charge is 2.43. The van der Waals surface area contributed by atoms with Crippen molar-refractivity contribution in [3.05, 3.63) is 12.2 Å². The average molecular weight is 219 g/mol. The van der Waals surface area contributed by atoms with E-state index in [4.69, 9.17) is 9.90 Å². The summed E-state index contributed by atoms with van der Waals surface area (Å²) in [5.41, 5.74) is -0.732. The van der Waals surface area contributed by atoms with E-state index in [-0.39, 0.29) is 0 Å². The van der Waals surface area contributed by atoms with Crippen molar-refractivity contribution in [3.63, 3.8) is 0 Å². The van der Waals surface area contributed by atoms with Crippen LogP contribution in [0.15, 0.2) is 12.2 Å². The van der Waals surface area contributed by atoms with Gasteiger partial charge in [-0.15, -0.1) is 0 Å². The molecule has 82 valence electrons. The Balaban J connectivity index is 0.000000364. The second-order valence-electron chi connectivity index (χ2n) is 4.27. The number of allylic oxidation sites excluding steroid dienone is 2. The monoisotopic (exact) mass is 218 g/mol. The van der Waals surface area contributed by atoms with Gasteiger partial charge in [0.25, 0.3) is 0 Å². The number of rotatable bonds is 3. The molecule has 0 aromatic heterocycles. The molecule has 0 spiro atoms. The first-order chi connectivity index (χ1) is 6.40. The predicted molar refractivity (Wildman–Crippen MR) is 59.8 cm³/mol. The largest absolute Gasteiger partial charge is 0.469 e. The Morgan fingerprint density at radius 3 is 2.36 bits per heavy atom. The Labute approximate surface area is 91.0 Å². The SMILES string of the molecule is CCCC=CC1CC1(C)C.O=C(O)Cl. The van der Waals surface area contributed by atoms with Crippen molar-refractivity contribution in [2.45, 2.75) is 40.0 Å². The molecule has 0 heterocycles. The fraction of sp³-hybridized carbons (Fsp3) is 0.727. The molecule has 14 heavy (non-hydrogen) atoms. The van der Waals surface area contributed by atoms with E-state index in [2.05, 4.69) is 44.5 Å². The lowest BCUT2D eigenvalue weighted by Crippen LogP contribution is -1.85. The van der Waals surface area contributed by atoms with Crippen LogP contribution in [0.25, 0.3) is 0 Å². The minimum atomic E-state index is -1.36. The van der Waals surface area contributed by atoms with Crippen LogP contribution < -0.4 is 0 Å². The van der Waals surface area contributed by atoms with Gasteiger partial charge in [-0.25, -0.2) is 4.79 Å². The van der Waals surface area contributed by atoms with Crippen LogP contribution in [0.1, 0.15) is 40.0 Å². The van der Waals surface area contributed by atoms with Crippen LogP contribution in [-0.2, 0) is 0 Å². The summed E-state index contributed by atoms with van der Waals surface area (Å²) in [6.07, 6.45) is 8.66. The van der Waals surface area contributed by atoms with Crippen molar-refractivity contribution in [2.24, 2.45) is 11.3 Å². The summed E-state index contributed by atoms with van der Waals surface area (Å²) >= 11 is 4.19. The van der Waals surface area contributed by atoms with E-state index >= 15 is 0 Å². The maximum absolute atomic E-state index is 8.77. The summed E-state index contributed by atoms with van der Waals surface area (Å²) in [4.78, 5) is 8.77. The molecule has 0 aliphatic heterocycles. The smallest absolute Gasteiger partial charge is 0.401 e. The van der Waals surface area contributed by atoms with Gasteiger partial charge >= 0.3 is 5.43 Å². The van der Waals surface area contributed by atoms with Crippen molar-refractivity contribution in [2.75, 3.05) is 0 Å². The van der Waals surface area contributed by atoms with Crippen LogP contribution in [0, 0.1) is 11.3 Å². The maximum atomic E-state index is 8.77. The summed E-state index contributed by atoms with van der Waals surface area (Å²) in [6.45, 7) is 6.91. The molecule has 0 radical (unpaired) electrons. The Hall–Kier alpha value is -0.500. The topological polar surface area (TPSA) is 37.3 Å². The van der Waals surface area contributed by atoms with Crippen LogP contribution in [0.5, 0.6) is 0 Å². The van der Waals surface area contributed by atoms with Crippen molar-refractivity contribution < 1.29 is 9.90 Å². The van der Waals surface area contributed by atoms with E-state index in [0.717, 1.165) is 5.92 Å². The van der Waals surface area contributed by atoms with Gasteiger partial charge in [0.15, 0.2) is 0 Å². The molecule has 3 heteroatoms. The van der Waals surface area contributed by atoms with E-state index in [9.17, 15) is 0 Å². The Kier molecular flexibility index (Phi) is 5.86. The molecule has 0 bridgehead atoms. The molecule has 1 rings (SSSR count). The summed E-state index contributed by atoms with van der Waals surface area (Å²) in [7, 11) is 0. The fourth-order valence-electron chi connectivity index (χ4n) is 1.26. The quantitative estimate of drug-likeness (QED) is 0.567. The average Bonchev–Trinajstić information content (AvgIpc) is 2.58. The Morgan fingerprint density at radius 2 is 2.07 bits per heavy atom. The van der Waals surface area contributed by atoms with E-state index < -0.39 is 5.43 Å². The van der Waals surface area contributed by atoms with Crippen LogP contribution in [0.4, 0.5) is 4.79 Å². The molecule has 1 fully saturated rings. The zero-order valence-electron chi connectivity index (χ0n) is 9.09. The fourth-order valence-corrected chi connectivity index (χ4v) is 1.26. The van der Waals surface area contributed by atoms with Gasteiger partial charge in [0, 0.05) is 11.6 Å². The van der Waals surface area contributed by atoms with Crippen molar-refractivity contribution >= 4 is 17.0 Å². The van der Waals surface area contributed by atoms with Gasteiger partial charge in [0.05, 0.1) is 0 Å². The summed E-state index contributed by atoms with van der Waals surface area (Å²) in [6, 6.07) is 0. The maximum Gasteiger partial charge on any atom is 0.401 e. The van der Waals surface area contributed by atoms with E-state index in [0.29, 0.717) is 5.41 Å². The molecule has 0 aromatic carbocycles. The van der Waals surface area contributed by atoms with E-state index in [1.807, 2.05) is 0 Å². The van der Waals surface area contributed by atoms with Crippen molar-refractivity contribution in [3.8, 4) is 0 Å². The second-order valence-corrected chi connectivity index (χ2v) is 4.59. The highest BCUT2D eigenvalue weighted by molar-refractivity contribution is 6.60. The predicted octanol–water partition coefficient (Wildman–Crippen LogP) is 4.29. The molecule has 2 nitrogen and oxygen atoms in total. The first kappa shape index (κ1) is 13.5. The standard InChI is InChI=1S/C10H18.CHClO2/c1-4-5-6-7-9-8-10(9,2)3;2-1(3)4/h6-7,9H,4-5,8H2,1-3H3;(H,3,4). The van der Waals surface area contributed by atoms with Crippen LogP contribution in [-0.4, -0.2) is 10.5 Å². The zero-order chi connectivity index (χ0) is 11.2. The van der Waals surface area contributed by atoms with Gasteiger partial charge in [0.1, 0.15) is 0 Å². The normalized spacial score (nSPS) is 22.7. The highest BCUT2D eigenvalue weighted by atomic mass is 35.5. The molecule has 1 unspecified atom stereocenters. The van der Waals surface area contributed by atoms with Gasteiger partial charge in [-0.05, 0) is 24.2 Å². The number of carboxylic acid groups (broad SMARTS) is 1. The minimum absolute atomic E-state index is 0.629. The minimum Gasteiger partial charge on any atom is -0.469 e. The lowest BCUT2D eigenvalue weighted by Gasteiger charge is -1.95. The molecular formula is C11H19ClO2. The summed E-state index contributed by atoms with van der Waals surface area (Å²) in [5, 5.41) is 7.18. The number of hydrogen-bond donors (Lipinski definition) is 1. The molecule has 0 saturated heterocycles. The van der Waals surface area contributed by atoms with Crippen LogP contribution >= 0.6 is 11.6 Å². The highest BCUT2D eigenvalue weighted by Crippen LogP contribution is 2.52. The molecule has 1 atom stereocenters. The van der Waals surface area contributed by atoms with Crippen molar-refractivity contribution in [1.29, 1.82) is 0 Å². The lowest BCUT2D eigenvalue weighted by atomic mass is 10.1. The van der Waals surface area contributed by atoms with E-state index in [1.54, 1.807) is 0 Å². The van der Waals surface area contributed by atoms with Gasteiger partial charge in [-0.3, -0.25) is 0 Å². The summed E-state index contributed by atoms with van der Waals surface area (Å²) in [5.74, 6) is 0.888. The van der Waals surface area contributed by atoms with Crippen LogP contribution in [0.2, 0.25) is 0 Å². The van der Waals surface area contributed by atoms with Gasteiger partial charge < -0.3 is 5.11 Å². The summed E-state index contributed by atoms with van der Waals surface area (Å²) < 4.78 is 0. The number of unbranched alkanes of at least 4 members (excludes halogenated alkanes) is 1. The number of hydrogen-bond acceptors (Lipinski definition) is 1. The molecule has 1 saturated carbocycles. The lowest BCUT2D eigenvalue weighted by molar-refractivity contribution is 0.220. The third kappa shape index (κ3) is 6.96. The second kappa shape index (κ2) is 6.07. The first-order valence-electron chi connectivity index (χ1n) is 4.95. The Morgan fingerprint density at radius 1 is 1.64 bits per heavy atom. The Bertz CT molecular complexity index is 205. The van der Waals surface area contributed by atoms with E-state index in [1.165, 1.54) is 19.3 Å². The molecule has 0 amide bonds. The van der Waals surface area contributed by atoms with Gasteiger partial charge in [-0.1, -0.05) is 39.3 Å². The number of carbonyl (C=O) groups is 1. The first-order valence-corrected chi connectivity index (χ1v) is 5.33. The number of halogens is 1. The van der Waals surface area contributed by atoms with Crippen molar-refractivity contribution in [1.82, 2.24) is 0 Å². The molecule has 1 aliphatic rings. The van der Waals surface area contributed by atoms with Gasteiger partial charge in [0.2, 0.25) is 0 Å².